The van der Waals surface area contributed by atoms with Crippen LogP contribution in [0.15, 0.2) is 60.8 Å². The van der Waals surface area contributed by atoms with Gasteiger partial charge in [0.05, 0.1) is 0 Å². The summed E-state index contributed by atoms with van der Waals surface area (Å²) in [4.78, 5) is 23.8. The minimum Gasteiger partial charge on any atom is -0.480 e. The number of aliphatic carboxylic acids is 1. The maximum atomic E-state index is 12.5. The number of carbonyl (C=O) groups excluding carboxylic acids is 1. The maximum Gasteiger partial charge on any atom is 0.326 e. The highest BCUT2D eigenvalue weighted by Crippen LogP contribution is 2.19. The highest BCUT2D eigenvalue weighted by atomic mass is 32.2. The molecule has 5 nitrogen and oxygen atoms in total. The smallest absolute Gasteiger partial charge is 0.326 e. The monoisotopic (exact) mass is 382 g/mol. The third-order valence-corrected chi connectivity index (χ3v) is 5.09. The molecule has 0 spiro atoms. The van der Waals surface area contributed by atoms with E-state index in [1.54, 1.807) is 23.9 Å². The second-order valence-electron chi connectivity index (χ2n) is 6.35. The molecular formula is C21H22N2O3S. The van der Waals surface area contributed by atoms with Gasteiger partial charge in [-0.1, -0.05) is 30.3 Å². The van der Waals surface area contributed by atoms with Crippen molar-refractivity contribution in [3.8, 4) is 0 Å². The van der Waals surface area contributed by atoms with Crippen molar-refractivity contribution in [3.05, 3.63) is 71.9 Å². The predicted molar refractivity (Wildman–Crippen MR) is 109 cm³/mol. The summed E-state index contributed by atoms with van der Waals surface area (Å²) in [6.07, 6.45) is 4.31. The van der Waals surface area contributed by atoms with Gasteiger partial charge >= 0.3 is 5.97 Å². The van der Waals surface area contributed by atoms with E-state index >= 15 is 0 Å². The van der Waals surface area contributed by atoms with E-state index in [2.05, 4.69) is 22.0 Å². The highest BCUT2D eigenvalue weighted by Gasteiger charge is 2.20. The first-order chi connectivity index (χ1) is 13.1. The molecule has 1 amide bonds. The average molecular weight is 382 g/mol. The Morgan fingerprint density at radius 2 is 1.93 bits per heavy atom. The van der Waals surface area contributed by atoms with Crippen molar-refractivity contribution in [2.45, 2.75) is 19.0 Å². The first kappa shape index (κ1) is 19.0. The van der Waals surface area contributed by atoms with Crippen LogP contribution in [0.25, 0.3) is 10.9 Å². The van der Waals surface area contributed by atoms with Crippen LogP contribution >= 0.6 is 11.8 Å². The summed E-state index contributed by atoms with van der Waals surface area (Å²) in [7, 11) is 0. The van der Waals surface area contributed by atoms with E-state index in [9.17, 15) is 14.7 Å². The summed E-state index contributed by atoms with van der Waals surface area (Å²) in [6, 6.07) is 16.7. The molecule has 1 heterocycles. The number of nitrogens with zero attached hydrogens (tertiary/aromatic N) is 1. The van der Waals surface area contributed by atoms with Crippen LogP contribution in [-0.2, 0) is 11.3 Å². The molecule has 0 unspecified atom stereocenters. The van der Waals surface area contributed by atoms with Crippen LogP contribution < -0.4 is 5.32 Å². The molecule has 3 rings (SSSR count). The first-order valence-corrected chi connectivity index (χ1v) is 10.1. The number of rotatable bonds is 8. The highest BCUT2D eigenvalue weighted by molar-refractivity contribution is 7.98. The van der Waals surface area contributed by atoms with Gasteiger partial charge in [-0.15, -0.1) is 0 Å². The summed E-state index contributed by atoms with van der Waals surface area (Å²) >= 11 is 1.56. The number of thioether (sulfide) groups is 1. The molecule has 27 heavy (non-hydrogen) atoms. The maximum absolute atomic E-state index is 12.5. The van der Waals surface area contributed by atoms with Crippen LogP contribution in [0.2, 0.25) is 0 Å². The molecule has 0 bridgehead atoms. The first-order valence-electron chi connectivity index (χ1n) is 8.74. The Labute approximate surface area is 162 Å². The van der Waals surface area contributed by atoms with Crippen LogP contribution in [0, 0.1) is 0 Å². The number of carboxylic acids is 1. The molecule has 6 heteroatoms. The Hall–Kier alpha value is -2.73. The Balaban J connectivity index is 1.76. The zero-order valence-corrected chi connectivity index (χ0v) is 15.9. The van der Waals surface area contributed by atoms with Gasteiger partial charge in [-0.3, -0.25) is 4.79 Å². The van der Waals surface area contributed by atoms with E-state index in [1.807, 2.05) is 42.8 Å². The van der Waals surface area contributed by atoms with E-state index in [-0.39, 0.29) is 5.91 Å². The van der Waals surface area contributed by atoms with Crippen molar-refractivity contribution in [2.24, 2.45) is 0 Å². The Kier molecular flexibility index (Phi) is 6.19. The molecule has 0 aliphatic carbocycles. The predicted octanol–water partition coefficient (Wildman–Crippen LogP) is 3.63. The standard InChI is InChI=1S/C21H22N2O3S/c1-27-12-10-18(21(25)26)22-20(24)17-7-8-19-16(13-17)9-11-23(19)14-15-5-3-2-4-6-15/h2-9,11,13,18H,10,12,14H2,1H3,(H,22,24)(H,25,26)/t18-/m0/s1. The van der Waals surface area contributed by atoms with Gasteiger partial charge in [0.25, 0.3) is 5.91 Å². The lowest BCUT2D eigenvalue weighted by atomic mass is 10.1. The van der Waals surface area contributed by atoms with Crippen LogP contribution in [0.4, 0.5) is 0 Å². The van der Waals surface area contributed by atoms with Crippen molar-refractivity contribution in [1.29, 1.82) is 0 Å². The zero-order chi connectivity index (χ0) is 19.2. The third-order valence-electron chi connectivity index (χ3n) is 4.44. The number of carboxylic acid groups (broad SMARTS) is 1. The number of fused-ring (bicyclic) bond motifs is 1. The summed E-state index contributed by atoms with van der Waals surface area (Å²) in [5.41, 5.74) is 2.71. The van der Waals surface area contributed by atoms with Gasteiger partial charge in [-0.05, 0) is 48.3 Å². The number of aromatic nitrogens is 1. The van der Waals surface area contributed by atoms with Gasteiger partial charge in [0.1, 0.15) is 6.04 Å². The third kappa shape index (κ3) is 4.71. The Morgan fingerprint density at radius 1 is 1.15 bits per heavy atom. The summed E-state index contributed by atoms with van der Waals surface area (Å²) in [6.45, 7) is 0.756. The minimum atomic E-state index is -1.01. The number of benzene rings is 2. The van der Waals surface area contributed by atoms with E-state index in [0.717, 1.165) is 17.4 Å². The Bertz CT molecular complexity index is 937. The molecule has 1 aromatic heterocycles. The van der Waals surface area contributed by atoms with Gasteiger partial charge in [0.2, 0.25) is 0 Å². The second kappa shape index (κ2) is 8.77. The van der Waals surface area contributed by atoms with Gasteiger partial charge in [0, 0.05) is 29.2 Å². The quantitative estimate of drug-likeness (QED) is 0.624. The summed E-state index contributed by atoms with van der Waals surface area (Å²) in [5, 5.41) is 12.9. The molecule has 0 aliphatic heterocycles. The van der Waals surface area contributed by atoms with Crippen LogP contribution in [0.5, 0.6) is 0 Å². The lowest BCUT2D eigenvalue weighted by Gasteiger charge is -2.14. The number of nitrogens with one attached hydrogen (secondary N) is 1. The number of amides is 1. The molecule has 140 valence electrons. The van der Waals surface area contributed by atoms with Gasteiger partial charge in [-0.2, -0.15) is 11.8 Å². The largest absolute Gasteiger partial charge is 0.480 e. The lowest BCUT2D eigenvalue weighted by molar-refractivity contribution is -0.139. The molecule has 1 atom stereocenters. The number of hydrogen-bond donors (Lipinski definition) is 2. The topological polar surface area (TPSA) is 71.3 Å². The molecule has 0 fully saturated rings. The normalized spacial score (nSPS) is 12.0. The van der Waals surface area contributed by atoms with Crippen molar-refractivity contribution in [3.63, 3.8) is 0 Å². The van der Waals surface area contributed by atoms with Crippen molar-refractivity contribution < 1.29 is 14.7 Å². The van der Waals surface area contributed by atoms with Gasteiger partial charge in [-0.25, -0.2) is 4.79 Å². The van der Waals surface area contributed by atoms with Crippen molar-refractivity contribution in [1.82, 2.24) is 9.88 Å². The molecule has 0 radical (unpaired) electrons. The molecule has 2 N–H and O–H groups in total. The fraction of sp³-hybridized carbons (Fsp3) is 0.238. The van der Waals surface area contributed by atoms with Crippen LogP contribution in [0.1, 0.15) is 22.3 Å². The van der Waals surface area contributed by atoms with Gasteiger partial charge < -0.3 is 15.0 Å². The van der Waals surface area contributed by atoms with Gasteiger partial charge in [0.15, 0.2) is 0 Å². The van der Waals surface area contributed by atoms with E-state index in [0.29, 0.717) is 17.7 Å². The molecule has 0 saturated heterocycles. The summed E-state index contributed by atoms with van der Waals surface area (Å²) in [5.74, 6) is -0.688. The number of carbonyl (C=O) groups is 2. The second-order valence-corrected chi connectivity index (χ2v) is 7.33. The van der Waals surface area contributed by atoms with Crippen LogP contribution in [-0.4, -0.2) is 39.6 Å². The SMILES string of the molecule is CSCC[C@H](NC(=O)c1ccc2c(ccn2Cc2ccccc2)c1)C(=O)O. The minimum absolute atomic E-state index is 0.360. The Morgan fingerprint density at radius 3 is 2.63 bits per heavy atom. The molecule has 3 aromatic rings. The summed E-state index contributed by atoms with van der Waals surface area (Å²) < 4.78 is 2.13. The van der Waals surface area contributed by atoms with Crippen molar-refractivity contribution in [2.75, 3.05) is 12.0 Å². The molecule has 0 saturated carbocycles. The van der Waals surface area contributed by atoms with E-state index < -0.39 is 12.0 Å². The number of hydrogen-bond acceptors (Lipinski definition) is 3. The van der Waals surface area contributed by atoms with Crippen LogP contribution in [0.3, 0.4) is 0 Å². The average Bonchev–Trinajstić information content (AvgIpc) is 3.07. The lowest BCUT2D eigenvalue weighted by Crippen LogP contribution is -2.41. The van der Waals surface area contributed by atoms with Crippen molar-refractivity contribution >= 4 is 34.5 Å². The van der Waals surface area contributed by atoms with E-state index in [1.165, 1.54) is 5.56 Å². The molecule has 2 aromatic carbocycles. The van der Waals surface area contributed by atoms with E-state index in [4.69, 9.17) is 0 Å². The zero-order valence-electron chi connectivity index (χ0n) is 15.1. The molecule has 0 aliphatic rings. The fourth-order valence-electron chi connectivity index (χ4n) is 2.99. The fourth-order valence-corrected chi connectivity index (χ4v) is 3.47. The molecular weight excluding hydrogens is 360 g/mol.